The molecule has 1 aliphatic carbocycles. The molecule has 20 heavy (non-hydrogen) atoms. The van der Waals surface area contributed by atoms with Crippen LogP contribution >= 0.6 is 23.2 Å². The Morgan fingerprint density at radius 3 is 2.45 bits per heavy atom. The summed E-state index contributed by atoms with van der Waals surface area (Å²) >= 11 is 11.6. The van der Waals surface area contributed by atoms with Crippen LogP contribution in [0.15, 0.2) is 18.2 Å². The van der Waals surface area contributed by atoms with Crippen molar-refractivity contribution in [3.63, 3.8) is 0 Å². The van der Waals surface area contributed by atoms with E-state index in [0.29, 0.717) is 28.6 Å². The third-order valence-electron chi connectivity index (χ3n) is 3.53. The topological polar surface area (TPSA) is 78.4 Å². The lowest BCUT2D eigenvalue weighted by Crippen LogP contribution is -2.48. The van der Waals surface area contributed by atoms with Crippen molar-refractivity contribution >= 4 is 40.9 Å². The molecular formula is C13H14Cl2N2O3. The molecule has 2 rings (SSSR count). The molecule has 108 valence electrons. The Morgan fingerprint density at radius 1 is 1.25 bits per heavy atom. The van der Waals surface area contributed by atoms with Crippen molar-refractivity contribution in [1.29, 1.82) is 0 Å². The first-order chi connectivity index (χ1) is 9.43. The number of aliphatic carboxylic acids is 1. The van der Waals surface area contributed by atoms with E-state index in [1.807, 2.05) is 0 Å². The minimum absolute atomic E-state index is 0.121. The number of carboxylic acids is 1. The Kier molecular flexibility index (Phi) is 4.40. The molecule has 0 unspecified atom stereocenters. The van der Waals surface area contributed by atoms with Gasteiger partial charge in [0.05, 0.1) is 15.5 Å². The Balaban J connectivity index is 1.89. The van der Waals surface area contributed by atoms with Gasteiger partial charge in [0, 0.05) is 12.2 Å². The van der Waals surface area contributed by atoms with Crippen LogP contribution < -0.4 is 10.6 Å². The molecule has 5 nitrogen and oxygen atoms in total. The Hall–Kier alpha value is -1.46. The van der Waals surface area contributed by atoms with E-state index in [2.05, 4.69) is 10.6 Å². The van der Waals surface area contributed by atoms with Crippen molar-refractivity contribution in [1.82, 2.24) is 5.32 Å². The quantitative estimate of drug-likeness (QED) is 0.796. The molecule has 3 N–H and O–H groups in total. The van der Waals surface area contributed by atoms with Crippen LogP contribution in [0, 0.1) is 5.41 Å². The maximum absolute atomic E-state index is 11.7. The van der Waals surface area contributed by atoms with Crippen LogP contribution in [-0.4, -0.2) is 23.7 Å². The van der Waals surface area contributed by atoms with Crippen molar-refractivity contribution in [3.05, 3.63) is 28.2 Å². The van der Waals surface area contributed by atoms with Crippen molar-refractivity contribution in [2.75, 3.05) is 11.9 Å². The van der Waals surface area contributed by atoms with Gasteiger partial charge in [0.25, 0.3) is 0 Å². The highest BCUT2D eigenvalue weighted by atomic mass is 35.5. The summed E-state index contributed by atoms with van der Waals surface area (Å²) in [7, 11) is 0. The van der Waals surface area contributed by atoms with E-state index in [0.717, 1.165) is 6.42 Å². The number of hydrogen-bond acceptors (Lipinski definition) is 2. The molecule has 0 bridgehead atoms. The van der Waals surface area contributed by atoms with E-state index in [9.17, 15) is 9.59 Å². The predicted octanol–water partition coefficient (Wildman–Crippen LogP) is 3.37. The first-order valence-electron chi connectivity index (χ1n) is 6.16. The number of urea groups is 1. The highest BCUT2D eigenvalue weighted by Crippen LogP contribution is 2.40. The minimum Gasteiger partial charge on any atom is -0.481 e. The fraction of sp³-hybridized carbons (Fsp3) is 0.385. The Bertz CT molecular complexity index is 544. The fourth-order valence-corrected chi connectivity index (χ4v) is 2.37. The molecule has 1 aromatic rings. The molecule has 7 heteroatoms. The average molecular weight is 317 g/mol. The molecule has 1 aromatic carbocycles. The average Bonchev–Trinajstić information content (AvgIpc) is 2.32. The van der Waals surface area contributed by atoms with Crippen molar-refractivity contribution in [2.24, 2.45) is 5.41 Å². The third kappa shape index (κ3) is 3.16. The van der Waals surface area contributed by atoms with E-state index in [-0.39, 0.29) is 6.54 Å². The van der Waals surface area contributed by atoms with Gasteiger partial charge < -0.3 is 15.7 Å². The van der Waals surface area contributed by atoms with Gasteiger partial charge >= 0.3 is 12.0 Å². The fourth-order valence-electron chi connectivity index (χ4n) is 2.07. The number of carbonyl (C=O) groups is 2. The zero-order valence-electron chi connectivity index (χ0n) is 10.6. The molecule has 0 saturated heterocycles. The van der Waals surface area contributed by atoms with Gasteiger partial charge in [-0.2, -0.15) is 0 Å². The van der Waals surface area contributed by atoms with Gasteiger partial charge in [-0.25, -0.2) is 4.79 Å². The van der Waals surface area contributed by atoms with Crippen LogP contribution in [0.3, 0.4) is 0 Å². The zero-order valence-corrected chi connectivity index (χ0v) is 12.1. The summed E-state index contributed by atoms with van der Waals surface area (Å²) in [5.74, 6) is -0.862. The molecule has 0 aliphatic heterocycles. The van der Waals surface area contributed by atoms with Crippen LogP contribution in [0.5, 0.6) is 0 Å². The second-order valence-corrected chi connectivity index (χ2v) is 5.69. The number of rotatable bonds is 4. The standard InChI is InChI=1S/C13H14Cl2N2O3/c14-9-3-2-8(6-10(9)15)17-12(20)16-7-13(11(18)19)4-1-5-13/h2-3,6H,1,4-5,7H2,(H,18,19)(H2,16,17,20). The third-order valence-corrected chi connectivity index (χ3v) is 4.27. The van der Waals surface area contributed by atoms with Crippen molar-refractivity contribution in [2.45, 2.75) is 19.3 Å². The highest BCUT2D eigenvalue weighted by Gasteiger charge is 2.44. The molecule has 0 heterocycles. The lowest BCUT2D eigenvalue weighted by molar-refractivity contribution is -0.153. The SMILES string of the molecule is O=C(NCC1(C(=O)O)CCC1)Nc1ccc(Cl)c(Cl)c1. The van der Waals surface area contributed by atoms with Crippen molar-refractivity contribution in [3.8, 4) is 0 Å². The molecule has 0 spiro atoms. The van der Waals surface area contributed by atoms with Gasteiger partial charge in [-0.3, -0.25) is 4.79 Å². The highest BCUT2D eigenvalue weighted by molar-refractivity contribution is 6.42. The van der Waals surface area contributed by atoms with Gasteiger partial charge in [-0.05, 0) is 31.0 Å². The summed E-state index contributed by atoms with van der Waals surface area (Å²) < 4.78 is 0. The van der Waals surface area contributed by atoms with Crippen molar-refractivity contribution < 1.29 is 14.7 Å². The maximum atomic E-state index is 11.7. The largest absolute Gasteiger partial charge is 0.481 e. The number of halogens is 2. The smallest absolute Gasteiger partial charge is 0.319 e. The van der Waals surface area contributed by atoms with Gasteiger partial charge in [0.1, 0.15) is 0 Å². The van der Waals surface area contributed by atoms with Crippen LogP contribution in [0.4, 0.5) is 10.5 Å². The molecule has 2 amide bonds. The first-order valence-corrected chi connectivity index (χ1v) is 6.92. The Labute approximate surface area is 126 Å². The van der Waals surface area contributed by atoms with E-state index in [1.54, 1.807) is 12.1 Å². The molecule has 1 saturated carbocycles. The number of benzene rings is 1. The summed E-state index contributed by atoms with van der Waals surface area (Å²) in [6, 6.07) is 4.25. The van der Waals surface area contributed by atoms with Gasteiger partial charge in [0.15, 0.2) is 0 Å². The molecule has 1 aliphatic rings. The lowest BCUT2D eigenvalue weighted by Gasteiger charge is -2.37. The summed E-state index contributed by atoms with van der Waals surface area (Å²) in [6.45, 7) is 0.121. The van der Waals surface area contributed by atoms with Gasteiger partial charge in [-0.1, -0.05) is 29.6 Å². The summed E-state index contributed by atoms with van der Waals surface area (Å²) in [5.41, 5.74) is -0.315. The molecule has 1 fully saturated rings. The number of amides is 2. The first kappa shape index (κ1) is 14.9. The number of hydrogen-bond donors (Lipinski definition) is 3. The number of nitrogens with one attached hydrogen (secondary N) is 2. The van der Waals surface area contributed by atoms with Gasteiger partial charge in [0.2, 0.25) is 0 Å². The maximum Gasteiger partial charge on any atom is 0.319 e. The van der Waals surface area contributed by atoms with Gasteiger partial charge in [-0.15, -0.1) is 0 Å². The van der Waals surface area contributed by atoms with Crippen LogP contribution in [-0.2, 0) is 4.79 Å². The predicted molar refractivity (Wildman–Crippen MR) is 77.4 cm³/mol. The minimum atomic E-state index is -0.862. The van der Waals surface area contributed by atoms with E-state index in [1.165, 1.54) is 6.07 Å². The lowest BCUT2D eigenvalue weighted by atomic mass is 9.69. The monoisotopic (exact) mass is 316 g/mol. The second-order valence-electron chi connectivity index (χ2n) is 4.88. The number of carbonyl (C=O) groups excluding carboxylic acids is 1. The van der Waals surface area contributed by atoms with E-state index < -0.39 is 17.4 Å². The summed E-state index contributed by atoms with van der Waals surface area (Å²) in [6.07, 6.45) is 2.06. The zero-order chi connectivity index (χ0) is 14.8. The molecular weight excluding hydrogens is 303 g/mol. The van der Waals surface area contributed by atoms with Crippen LogP contribution in [0.25, 0.3) is 0 Å². The summed E-state index contributed by atoms with van der Waals surface area (Å²) in [4.78, 5) is 22.9. The van der Waals surface area contributed by atoms with E-state index >= 15 is 0 Å². The molecule has 0 atom stereocenters. The molecule has 0 radical (unpaired) electrons. The Morgan fingerprint density at radius 2 is 1.95 bits per heavy atom. The second kappa shape index (κ2) is 5.89. The summed E-state index contributed by atoms with van der Waals surface area (Å²) in [5, 5.41) is 15.1. The van der Waals surface area contributed by atoms with Crippen LogP contribution in [0.1, 0.15) is 19.3 Å². The number of carboxylic acid groups (broad SMARTS) is 1. The normalized spacial score (nSPS) is 16.1. The van der Waals surface area contributed by atoms with E-state index in [4.69, 9.17) is 28.3 Å². The number of anilines is 1. The molecule has 0 aromatic heterocycles. The van der Waals surface area contributed by atoms with Crippen LogP contribution in [0.2, 0.25) is 10.0 Å².